The van der Waals surface area contributed by atoms with Gasteiger partial charge in [0.15, 0.2) is 0 Å². The molecule has 2 N–H and O–H groups in total. The lowest BCUT2D eigenvalue weighted by Crippen LogP contribution is -1.98. The maximum Gasteiger partial charge on any atom is 0.339 e. The molecule has 0 aliphatic carbocycles. The van der Waals surface area contributed by atoms with E-state index < -0.39 is 5.97 Å². The van der Waals surface area contributed by atoms with Gasteiger partial charge < -0.3 is 10.2 Å². The summed E-state index contributed by atoms with van der Waals surface area (Å²) in [5, 5.41) is 18.4. The minimum atomic E-state index is -1.16. The van der Waals surface area contributed by atoms with Crippen molar-refractivity contribution in [3.05, 3.63) is 71.8 Å². The molecular weight excluding hydrogens is 228 g/mol. The van der Waals surface area contributed by atoms with Crippen molar-refractivity contribution in [1.29, 1.82) is 0 Å². The molecule has 0 saturated heterocycles. The molecule has 18 heavy (non-hydrogen) atoms. The standard InChI is InChI=1S/C15H12O3/c1-10(11-5-3-2-4-6-11)12-7-8-14(16)13(9-12)15(17)18/h2-9,16H,1H2,(H,17,18). The van der Waals surface area contributed by atoms with Crippen LogP contribution in [0.15, 0.2) is 55.1 Å². The number of rotatable bonds is 3. The van der Waals surface area contributed by atoms with Crippen LogP contribution in [0.4, 0.5) is 0 Å². The zero-order valence-corrected chi connectivity index (χ0v) is 9.63. The molecule has 0 bridgehead atoms. The van der Waals surface area contributed by atoms with Gasteiger partial charge in [-0.25, -0.2) is 4.79 Å². The summed E-state index contributed by atoms with van der Waals surface area (Å²) in [5.74, 6) is -1.40. The van der Waals surface area contributed by atoms with Crippen molar-refractivity contribution in [2.75, 3.05) is 0 Å². The quantitative estimate of drug-likeness (QED) is 0.866. The first-order valence-electron chi connectivity index (χ1n) is 5.40. The molecule has 0 fully saturated rings. The number of carbonyl (C=O) groups is 1. The summed E-state index contributed by atoms with van der Waals surface area (Å²) in [7, 11) is 0. The molecular formula is C15H12O3. The van der Waals surface area contributed by atoms with E-state index in [0.717, 1.165) is 11.1 Å². The summed E-state index contributed by atoms with van der Waals surface area (Å²) >= 11 is 0. The van der Waals surface area contributed by atoms with Gasteiger partial charge >= 0.3 is 5.97 Å². The smallest absolute Gasteiger partial charge is 0.339 e. The molecule has 2 aromatic carbocycles. The van der Waals surface area contributed by atoms with Crippen molar-refractivity contribution in [2.45, 2.75) is 0 Å². The number of carboxylic acids is 1. The first kappa shape index (κ1) is 11.9. The minimum absolute atomic E-state index is 0.121. The molecule has 0 radical (unpaired) electrons. The highest BCUT2D eigenvalue weighted by Gasteiger charge is 2.11. The van der Waals surface area contributed by atoms with Crippen molar-refractivity contribution in [1.82, 2.24) is 0 Å². The Bertz CT molecular complexity index is 600. The highest BCUT2D eigenvalue weighted by Crippen LogP contribution is 2.26. The van der Waals surface area contributed by atoms with Gasteiger partial charge in [0.05, 0.1) is 0 Å². The minimum Gasteiger partial charge on any atom is -0.507 e. The van der Waals surface area contributed by atoms with Crippen LogP contribution in [0.1, 0.15) is 21.5 Å². The zero-order valence-electron chi connectivity index (χ0n) is 9.63. The van der Waals surface area contributed by atoms with Crippen LogP contribution in [-0.4, -0.2) is 16.2 Å². The largest absolute Gasteiger partial charge is 0.507 e. The monoisotopic (exact) mass is 240 g/mol. The first-order valence-corrected chi connectivity index (χ1v) is 5.40. The average Bonchev–Trinajstić information content (AvgIpc) is 2.39. The van der Waals surface area contributed by atoms with Gasteiger partial charge in [0.2, 0.25) is 0 Å². The molecule has 0 aliphatic heterocycles. The van der Waals surface area contributed by atoms with E-state index in [1.807, 2.05) is 30.3 Å². The third kappa shape index (κ3) is 2.25. The molecule has 2 rings (SSSR count). The van der Waals surface area contributed by atoms with Crippen molar-refractivity contribution < 1.29 is 15.0 Å². The second kappa shape index (κ2) is 4.75. The molecule has 3 nitrogen and oxygen atoms in total. The number of aromatic hydroxyl groups is 1. The fourth-order valence-corrected chi connectivity index (χ4v) is 1.70. The first-order chi connectivity index (χ1) is 8.59. The SMILES string of the molecule is C=C(c1ccccc1)c1ccc(O)c(C(=O)O)c1. The van der Waals surface area contributed by atoms with Crippen LogP contribution in [0.2, 0.25) is 0 Å². The van der Waals surface area contributed by atoms with Crippen molar-refractivity contribution in [3.63, 3.8) is 0 Å². The Labute approximate surface area is 105 Å². The van der Waals surface area contributed by atoms with Crippen molar-refractivity contribution in [2.24, 2.45) is 0 Å². The van der Waals surface area contributed by atoms with Gasteiger partial charge in [-0.3, -0.25) is 0 Å². The lowest BCUT2D eigenvalue weighted by Gasteiger charge is -2.08. The Hall–Kier alpha value is -2.55. The van der Waals surface area contributed by atoms with Gasteiger partial charge in [-0.15, -0.1) is 0 Å². The fraction of sp³-hybridized carbons (Fsp3) is 0. The molecule has 0 spiro atoms. The van der Waals surface area contributed by atoms with Crippen LogP contribution in [0.3, 0.4) is 0 Å². The number of aromatic carboxylic acids is 1. The Kier molecular flexibility index (Phi) is 3.15. The molecule has 2 aromatic rings. The van der Waals surface area contributed by atoms with Gasteiger partial charge in [-0.2, -0.15) is 0 Å². The molecule has 0 heterocycles. The normalized spacial score (nSPS) is 10.0. The van der Waals surface area contributed by atoms with Gasteiger partial charge in [-0.1, -0.05) is 43.0 Å². The maximum atomic E-state index is 10.9. The predicted molar refractivity (Wildman–Crippen MR) is 69.6 cm³/mol. The molecule has 0 aliphatic rings. The Morgan fingerprint density at radius 2 is 1.67 bits per heavy atom. The molecule has 0 aromatic heterocycles. The molecule has 0 saturated carbocycles. The average molecular weight is 240 g/mol. The van der Waals surface area contributed by atoms with E-state index in [1.165, 1.54) is 12.1 Å². The van der Waals surface area contributed by atoms with Crippen LogP contribution in [0.25, 0.3) is 5.57 Å². The van der Waals surface area contributed by atoms with E-state index >= 15 is 0 Å². The number of carboxylic acid groups (broad SMARTS) is 1. The number of hydrogen-bond donors (Lipinski definition) is 2. The second-order valence-electron chi connectivity index (χ2n) is 3.88. The third-order valence-corrected chi connectivity index (χ3v) is 2.70. The molecule has 0 unspecified atom stereocenters. The van der Waals surface area contributed by atoms with Crippen LogP contribution < -0.4 is 0 Å². The van der Waals surface area contributed by atoms with Gasteiger partial charge in [-0.05, 0) is 28.8 Å². The molecule has 90 valence electrons. The lowest BCUT2D eigenvalue weighted by atomic mass is 9.98. The second-order valence-corrected chi connectivity index (χ2v) is 3.88. The van der Waals surface area contributed by atoms with Crippen molar-refractivity contribution in [3.8, 4) is 5.75 Å². The summed E-state index contributed by atoms with van der Waals surface area (Å²) < 4.78 is 0. The Balaban J connectivity index is 2.44. The van der Waals surface area contributed by atoms with Crippen molar-refractivity contribution >= 4 is 11.5 Å². The van der Waals surface area contributed by atoms with Crippen LogP contribution >= 0.6 is 0 Å². The number of benzene rings is 2. The summed E-state index contributed by atoms with van der Waals surface area (Å²) in [6.45, 7) is 3.95. The van der Waals surface area contributed by atoms with E-state index in [2.05, 4.69) is 6.58 Å². The Morgan fingerprint density at radius 1 is 1.00 bits per heavy atom. The predicted octanol–water partition coefficient (Wildman–Crippen LogP) is 3.15. The highest BCUT2D eigenvalue weighted by atomic mass is 16.4. The zero-order chi connectivity index (χ0) is 13.1. The molecule has 3 heteroatoms. The lowest BCUT2D eigenvalue weighted by molar-refractivity contribution is 0.0693. The summed E-state index contributed by atoms with van der Waals surface area (Å²) in [6, 6.07) is 13.9. The van der Waals surface area contributed by atoms with E-state index in [9.17, 15) is 9.90 Å². The maximum absolute atomic E-state index is 10.9. The van der Waals surface area contributed by atoms with Crippen LogP contribution in [-0.2, 0) is 0 Å². The molecule has 0 atom stereocenters. The van der Waals surface area contributed by atoms with Gasteiger partial charge in [0, 0.05) is 0 Å². The van der Waals surface area contributed by atoms with E-state index in [4.69, 9.17) is 5.11 Å². The van der Waals surface area contributed by atoms with Crippen LogP contribution in [0, 0.1) is 0 Å². The fourth-order valence-electron chi connectivity index (χ4n) is 1.70. The van der Waals surface area contributed by atoms with E-state index in [1.54, 1.807) is 6.07 Å². The third-order valence-electron chi connectivity index (χ3n) is 2.70. The van der Waals surface area contributed by atoms with Crippen LogP contribution in [0.5, 0.6) is 5.75 Å². The van der Waals surface area contributed by atoms with E-state index in [-0.39, 0.29) is 11.3 Å². The summed E-state index contributed by atoms with van der Waals surface area (Å²) in [6.07, 6.45) is 0. The summed E-state index contributed by atoms with van der Waals surface area (Å²) in [4.78, 5) is 10.9. The summed E-state index contributed by atoms with van der Waals surface area (Å²) in [5.41, 5.74) is 2.19. The Morgan fingerprint density at radius 3 is 2.28 bits per heavy atom. The van der Waals surface area contributed by atoms with Gasteiger partial charge in [0.25, 0.3) is 0 Å². The highest BCUT2D eigenvalue weighted by molar-refractivity contribution is 5.92. The molecule has 0 amide bonds. The number of hydrogen-bond acceptors (Lipinski definition) is 2. The topological polar surface area (TPSA) is 57.5 Å². The van der Waals surface area contributed by atoms with Gasteiger partial charge in [0.1, 0.15) is 11.3 Å². The number of phenols is 1. The van der Waals surface area contributed by atoms with E-state index in [0.29, 0.717) is 5.56 Å².